The van der Waals surface area contributed by atoms with Crippen LogP contribution in [-0.2, 0) is 9.47 Å². The van der Waals surface area contributed by atoms with E-state index in [-0.39, 0.29) is 6.10 Å². The monoisotopic (exact) mass is 161 g/mol. The molecule has 66 valence electrons. The topological polar surface area (TPSA) is 64.7 Å². The van der Waals surface area contributed by atoms with Gasteiger partial charge in [0.25, 0.3) is 0 Å². The maximum Gasteiger partial charge on any atom is 0.163 e. The lowest BCUT2D eigenvalue weighted by Gasteiger charge is -2.17. The van der Waals surface area contributed by atoms with Gasteiger partial charge in [-0.25, -0.2) is 0 Å². The van der Waals surface area contributed by atoms with Gasteiger partial charge < -0.3 is 20.3 Å². The van der Waals surface area contributed by atoms with Crippen LogP contribution in [0.4, 0.5) is 0 Å². The summed E-state index contributed by atoms with van der Waals surface area (Å²) in [6.07, 6.45) is -0.439. The quantitative estimate of drug-likeness (QED) is 0.551. The summed E-state index contributed by atoms with van der Waals surface area (Å²) in [5.74, 6) is -0.514. The van der Waals surface area contributed by atoms with Crippen molar-refractivity contribution in [2.75, 3.05) is 6.61 Å². The largest absolute Gasteiger partial charge is 0.379 e. The van der Waals surface area contributed by atoms with Crippen LogP contribution in [0.25, 0.3) is 0 Å². The van der Waals surface area contributed by atoms with E-state index in [4.69, 9.17) is 20.3 Å². The SMILES string of the molecule is CC1(C)OC[C@@H](CC(N)O)O1. The summed E-state index contributed by atoms with van der Waals surface area (Å²) in [6.45, 7) is 4.20. The van der Waals surface area contributed by atoms with E-state index in [0.29, 0.717) is 13.0 Å². The van der Waals surface area contributed by atoms with E-state index in [0.717, 1.165) is 0 Å². The lowest BCUT2D eigenvalue weighted by molar-refractivity contribution is -0.141. The average molecular weight is 161 g/mol. The molecule has 0 aromatic rings. The Bertz CT molecular complexity index is 136. The van der Waals surface area contributed by atoms with E-state index in [2.05, 4.69) is 0 Å². The molecule has 4 heteroatoms. The van der Waals surface area contributed by atoms with Gasteiger partial charge in [0.15, 0.2) is 5.79 Å². The van der Waals surface area contributed by atoms with Crippen molar-refractivity contribution < 1.29 is 14.6 Å². The highest BCUT2D eigenvalue weighted by Crippen LogP contribution is 2.23. The third-order valence-corrected chi connectivity index (χ3v) is 1.57. The van der Waals surface area contributed by atoms with Gasteiger partial charge in [0, 0.05) is 6.42 Å². The fourth-order valence-corrected chi connectivity index (χ4v) is 1.15. The molecule has 3 N–H and O–H groups in total. The molecule has 2 atom stereocenters. The number of aliphatic hydroxyl groups is 1. The zero-order chi connectivity index (χ0) is 8.48. The van der Waals surface area contributed by atoms with Gasteiger partial charge in [0.05, 0.1) is 12.7 Å². The first-order valence-corrected chi connectivity index (χ1v) is 3.75. The summed E-state index contributed by atoms with van der Waals surface area (Å²) in [7, 11) is 0. The van der Waals surface area contributed by atoms with Gasteiger partial charge in [0.1, 0.15) is 6.23 Å². The number of ether oxygens (including phenoxy) is 2. The molecular weight excluding hydrogens is 146 g/mol. The molecule has 1 aliphatic rings. The highest BCUT2D eigenvalue weighted by molar-refractivity contribution is 4.71. The average Bonchev–Trinajstić information content (AvgIpc) is 2.08. The number of hydrogen-bond donors (Lipinski definition) is 2. The van der Waals surface area contributed by atoms with Crippen LogP contribution in [0.2, 0.25) is 0 Å². The van der Waals surface area contributed by atoms with Crippen LogP contribution >= 0.6 is 0 Å². The van der Waals surface area contributed by atoms with Crippen LogP contribution in [0.3, 0.4) is 0 Å². The third kappa shape index (κ3) is 2.75. The van der Waals surface area contributed by atoms with Crippen molar-refractivity contribution in [3.63, 3.8) is 0 Å². The maximum absolute atomic E-state index is 8.83. The molecule has 0 saturated carbocycles. The Labute approximate surface area is 66.3 Å². The Hall–Kier alpha value is -0.160. The fourth-order valence-electron chi connectivity index (χ4n) is 1.15. The van der Waals surface area contributed by atoms with Crippen LogP contribution in [0, 0.1) is 0 Å². The van der Waals surface area contributed by atoms with Crippen molar-refractivity contribution in [1.29, 1.82) is 0 Å². The van der Waals surface area contributed by atoms with Crippen molar-refractivity contribution in [1.82, 2.24) is 0 Å². The van der Waals surface area contributed by atoms with E-state index >= 15 is 0 Å². The maximum atomic E-state index is 8.83. The zero-order valence-electron chi connectivity index (χ0n) is 6.91. The first kappa shape index (κ1) is 8.93. The molecule has 1 unspecified atom stereocenters. The summed E-state index contributed by atoms with van der Waals surface area (Å²) in [5.41, 5.74) is 5.18. The summed E-state index contributed by atoms with van der Waals surface area (Å²) in [5, 5.41) is 8.83. The Morgan fingerprint density at radius 2 is 2.36 bits per heavy atom. The van der Waals surface area contributed by atoms with Gasteiger partial charge >= 0.3 is 0 Å². The molecule has 1 fully saturated rings. The van der Waals surface area contributed by atoms with Gasteiger partial charge in [0.2, 0.25) is 0 Å². The second kappa shape index (κ2) is 3.06. The van der Waals surface area contributed by atoms with Gasteiger partial charge in [-0.2, -0.15) is 0 Å². The predicted octanol–water partition coefficient (Wildman–Crippen LogP) is -0.195. The van der Waals surface area contributed by atoms with E-state index in [9.17, 15) is 0 Å². The van der Waals surface area contributed by atoms with Crippen molar-refractivity contribution in [2.24, 2.45) is 5.73 Å². The van der Waals surface area contributed by atoms with E-state index in [1.807, 2.05) is 13.8 Å². The van der Waals surface area contributed by atoms with Crippen LogP contribution in [-0.4, -0.2) is 29.8 Å². The van der Waals surface area contributed by atoms with Crippen LogP contribution < -0.4 is 5.73 Å². The molecule has 0 bridgehead atoms. The van der Waals surface area contributed by atoms with Gasteiger partial charge in [-0.05, 0) is 13.8 Å². The predicted molar refractivity (Wildman–Crippen MR) is 39.7 cm³/mol. The standard InChI is InChI=1S/C7H15NO3/c1-7(2)10-4-5(11-7)3-6(8)9/h5-6,9H,3-4,8H2,1-2H3/t5-,6?/m1/s1. The minimum Gasteiger partial charge on any atom is -0.379 e. The molecule has 1 heterocycles. The van der Waals surface area contributed by atoms with Crippen molar-refractivity contribution in [3.05, 3.63) is 0 Å². The highest BCUT2D eigenvalue weighted by Gasteiger charge is 2.32. The van der Waals surface area contributed by atoms with Gasteiger partial charge in [-0.1, -0.05) is 0 Å². The summed E-state index contributed by atoms with van der Waals surface area (Å²) >= 11 is 0. The third-order valence-electron chi connectivity index (χ3n) is 1.57. The van der Waals surface area contributed by atoms with E-state index in [1.54, 1.807) is 0 Å². The van der Waals surface area contributed by atoms with E-state index < -0.39 is 12.0 Å². The van der Waals surface area contributed by atoms with Crippen molar-refractivity contribution in [3.8, 4) is 0 Å². The number of hydrogen-bond acceptors (Lipinski definition) is 4. The molecule has 0 spiro atoms. The van der Waals surface area contributed by atoms with Crippen molar-refractivity contribution in [2.45, 2.75) is 38.4 Å². The summed E-state index contributed by atoms with van der Waals surface area (Å²) in [4.78, 5) is 0. The first-order valence-electron chi connectivity index (χ1n) is 3.75. The molecule has 1 rings (SSSR count). The Morgan fingerprint density at radius 3 is 2.73 bits per heavy atom. The second-order valence-electron chi connectivity index (χ2n) is 3.25. The van der Waals surface area contributed by atoms with Crippen LogP contribution in [0.1, 0.15) is 20.3 Å². The smallest absolute Gasteiger partial charge is 0.163 e. The minimum absolute atomic E-state index is 0.0648. The molecule has 1 saturated heterocycles. The Kier molecular flexibility index (Phi) is 2.49. The first-order chi connectivity index (χ1) is 4.99. The lowest BCUT2D eigenvalue weighted by Crippen LogP contribution is -2.28. The van der Waals surface area contributed by atoms with Gasteiger partial charge in [-0.15, -0.1) is 0 Å². The molecular formula is C7H15NO3. The highest BCUT2D eigenvalue weighted by atomic mass is 16.7. The molecule has 0 radical (unpaired) electrons. The Balaban J connectivity index is 2.31. The van der Waals surface area contributed by atoms with Crippen molar-refractivity contribution >= 4 is 0 Å². The molecule has 4 nitrogen and oxygen atoms in total. The zero-order valence-corrected chi connectivity index (χ0v) is 6.91. The summed E-state index contributed by atoms with van der Waals surface area (Å²) < 4.78 is 10.7. The number of rotatable bonds is 2. The number of nitrogens with two attached hydrogens (primary N) is 1. The molecule has 0 aromatic heterocycles. The molecule has 0 aromatic carbocycles. The Morgan fingerprint density at radius 1 is 1.73 bits per heavy atom. The lowest BCUT2D eigenvalue weighted by atomic mass is 10.2. The van der Waals surface area contributed by atoms with Crippen LogP contribution in [0.5, 0.6) is 0 Å². The minimum atomic E-state index is -0.808. The molecule has 11 heavy (non-hydrogen) atoms. The van der Waals surface area contributed by atoms with Gasteiger partial charge in [-0.3, -0.25) is 0 Å². The van der Waals surface area contributed by atoms with E-state index in [1.165, 1.54) is 0 Å². The fraction of sp³-hybridized carbons (Fsp3) is 1.00. The number of aliphatic hydroxyl groups excluding tert-OH is 1. The molecule has 1 aliphatic heterocycles. The van der Waals surface area contributed by atoms with Crippen LogP contribution in [0.15, 0.2) is 0 Å². The molecule has 0 amide bonds. The normalized spacial score (nSPS) is 32.2. The molecule has 0 aliphatic carbocycles. The summed E-state index contributed by atoms with van der Waals surface area (Å²) in [6, 6.07) is 0. The second-order valence-corrected chi connectivity index (χ2v) is 3.25.